The fourth-order valence-corrected chi connectivity index (χ4v) is 4.71. The molecule has 0 saturated heterocycles. The van der Waals surface area contributed by atoms with Crippen molar-refractivity contribution in [2.24, 2.45) is 17.8 Å². The highest BCUT2D eigenvalue weighted by molar-refractivity contribution is 5.75. The van der Waals surface area contributed by atoms with E-state index in [1.165, 1.54) is 5.57 Å². The lowest BCUT2D eigenvalue weighted by Gasteiger charge is -2.22. The molecule has 0 heterocycles. The molecule has 29 heavy (non-hydrogen) atoms. The molecule has 0 aromatic carbocycles. The second-order valence-electron chi connectivity index (χ2n) is 9.54. The van der Waals surface area contributed by atoms with E-state index in [0.717, 1.165) is 51.6 Å². The Balaban J connectivity index is 1.74. The van der Waals surface area contributed by atoms with Crippen LogP contribution in [0.15, 0.2) is 23.8 Å². The predicted octanol–water partition coefficient (Wildman–Crippen LogP) is 3.28. The van der Waals surface area contributed by atoms with Crippen LogP contribution in [0.4, 0.5) is 0 Å². The largest absolute Gasteiger partial charge is 0.392 e. The van der Waals surface area contributed by atoms with Gasteiger partial charge >= 0.3 is 0 Å². The quantitative estimate of drug-likeness (QED) is 0.344. The van der Waals surface area contributed by atoms with Crippen LogP contribution >= 0.6 is 0 Å². The molecule has 0 radical (unpaired) electrons. The molecular weight excluding hydrogens is 364 g/mol. The SMILES string of the molecule is CCCC[C@](C)(O)CC=C[C@@H]1[C@H]2CC(CNCCCC(=O)N(C)C)=C[C@H]2C[C@H]1O. The molecule has 0 aromatic rings. The molecule has 0 bridgehead atoms. The Morgan fingerprint density at radius 3 is 2.83 bits per heavy atom. The molecule has 1 fully saturated rings. The molecule has 5 heteroatoms. The van der Waals surface area contributed by atoms with Crippen LogP contribution in [-0.4, -0.2) is 59.9 Å². The van der Waals surface area contributed by atoms with Gasteiger partial charge in [-0.1, -0.05) is 43.6 Å². The highest BCUT2D eigenvalue weighted by Gasteiger charge is 2.43. The molecule has 3 N–H and O–H groups in total. The van der Waals surface area contributed by atoms with E-state index in [1.807, 2.05) is 6.92 Å². The number of hydrogen-bond donors (Lipinski definition) is 3. The van der Waals surface area contributed by atoms with Crippen LogP contribution in [0.2, 0.25) is 0 Å². The van der Waals surface area contributed by atoms with E-state index in [0.29, 0.717) is 24.7 Å². The Bertz CT molecular complexity index is 583. The van der Waals surface area contributed by atoms with Gasteiger partial charge in [0.25, 0.3) is 0 Å². The summed E-state index contributed by atoms with van der Waals surface area (Å²) in [5.41, 5.74) is 0.783. The van der Waals surface area contributed by atoms with Crippen molar-refractivity contribution in [3.8, 4) is 0 Å². The van der Waals surface area contributed by atoms with E-state index >= 15 is 0 Å². The molecule has 2 aliphatic carbocycles. The van der Waals surface area contributed by atoms with E-state index in [4.69, 9.17) is 0 Å². The van der Waals surface area contributed by atoms with Crippen LogP contribution in [0, 0.1) is 17.8 Å². The first kappa shape index (κ1) is 24.1. The Morgan fingerprint density at radius 1 is 1.38 bits per heavy atom. The van der Waals surface area contributed by atoms with Crippen molar-refractivity contribution in [3.05, 3.63) is 23.8 Å². The number of rotatable bonds is 12. The van der Waals surface area contributed by atoms with Crippen LogP contribution in [0.3, 0.4) is 0 Å². The van der Waals surface area contributed by atoms with Gasteiger partial charge in [-0.25, -0.2) is 0 Å². The summed E-state index contributed by atoms with van der Waals surface area (Å²) in [5, 5.41) is 24.4. The summed E-state index contributed by atoms with van der Waals surface area (Å²) in [5.74, 6) is 1.31. The molecule has 0 unspecified atom stereocenters. The minimum atomic E-state index is -0.646. The third-order valence-corrected chi connectivity index (χ3v) is 6.53. The molecule has 166 valence electrons. The second-order valence-corrected chi connectivity index (χ2v) is 9.54. The molecule has 1 saturated carbocycles. The minimum absolute atomic E-state index is 0.179. The van der Waals surface area contributed by atoms with Crippen LogP contribution in [0.1, 0.15) is 65.2 Å². The van der Waals surface area contributed by atoms with Crippen molar-refractivity contribution in [2.75, 3.05) is 27.2 Å². The van der Waals surface area contributed by atoms with Gasteiger partial charge in [0.15, 0.2) is 0 Å². The normalized spacial score (nSPS) is 28.4. The fraction of sp³-hybridized carbons (Fsp3) is 0.792. The number of amides is 1. The molecule has 0 spiro atoms. The standard InChI is InChI=1S/C24H42N2O3/c1-5-6-11-24(2,29)12-7-9-20-21-15-18(14-19(21)16-22(20)27)17-25-13-8-10-23(28)26(3)4/h7,9,14,19-22,25,27,29H,5-6,8,10-13,15-17H2,1-4H3/t19-,20+,21-,22+,24-/m0/s1. The molecule has 2 aliphatic rings. The average molecular weight is 407 g/mol. The zero-order valence-corrected chi connectivity index (χ0v) is 18.9. The van der Waals surface area contributed by atoms with Crippen LogP contribution in [-0.2, 0) is 4.79 Å². The summed E-state index contributed by atoms with van der Waals surface area (Å²) in [6.45, 7) is 5.78. The molecule has 5 atom stereocenters. The van der Waals surface area contributed by atoms with Crippen molar-refractivity contribution in [1.82, 2.24) is 10.2 Å². The van der Waals surface area contributed by atoms with Crippen molar-refractivity contribution in [3.63, 3.8) is 0 Å². The third kappa shape index (κ3) is 7.54. The maximum atomic E-state index is 11.6. The topological polar surface area (TPSA) is 72.8 Å². The van der Waals surface area contributed by atoms with Gasteiger partial charge in [0.05, 0.1) is 11.7 Å². The van der Waals surface area contributed by atoms with Crippen molar-refractivity contribution in [2.45, 2.75) is 76.9 Å². The van der Waals surface area contributed by atoms with E-state index in [9.17, 15) is 15.0 Å². The van der Waals surface area contributed by atoms with Gasteiger partial charge in [-0.3, -0.25) is 4.79 Å². The van der Waals surface area contributed by atoms with Crippen LogP contribution in [0.5, 0.6) is 0 Å². The molecule has 1 amide bonds. The Hall–Kier alpha value is -1.17. The number of hydrogen-bond acceptors (Lipinski definition) is 4. The summed E-state index contributed by atoms with van der Waals surface area (Å²) in [6.07, 6.45) is 13.3. The maximum Gasteiger partial charge on any atom is 0.222 e. The summed E-state index contributed by atoms with van der Waals surface area (Å²) >= 11 is 0. The highest BCUT2D eigenvalue weighted by atomic mass is 16.3. The number of allylic oxidation sites excluding steroid dienone is 1. The van der Waals surface area contributed by atoms with E-state index in [2.05, 4.69) is 30.5 Å². The number of aliphatic hydroxyl groups is 2. The van der Waals surface area contributed by atoms with Gasteiger partial charge in [0, 0.05) is 33.0 Å². The third-order valence-electron chi connectivity index (χ3n) is 6.53. The van der Waals surface area contributed by atoms with Gasteiger partial charge in [-0.05, 0) is 57.4 Å². The zero-order valence-electron chi connectivity index (χ0n) is 18.9. The Kier molecular flexibility index (Phi) is 9.38. The predicted molar refractivity (Wildman–Crippen MR) is 118 cm³/mol. The first-order chi connectivity index (χ1) is 13.7. The van der Waals surface area contributed by atoms with Crippen LogP contribution in [0.25, 0.3) is 0 Å². The highest BCUT2D eigenvalue weighted by Crippen LogP contribution is 2.47. The molecule has 5 nitrogen and oxygen atoms in total. The lowest BCUT2D eigenvalue weighted by Crippen LogP contribution is -2.24. The first-order valence-corrected chi connectivity index (χ1v) is 11.4. The molecule has 0 aliphatic heterocycles. The summed E-state index contributed by atoms with van der Waals surface area (Å²) < 4.78 is 0. The molecule has 2 rings (SSSR count). The Labute approximate surface area is 177 Å². The first-order valence-electron chi connectivity index (χ1n) is 11.4. The minimum Gasteiger partial charge on any atom is -0.392 e. The lowest BCUT2D eigenvalue weighted by molar-refractivity contribution is -0.128. The Morgan fingerprint density at radius 2 is 2.14 bits per heavy atom. The number of carbonyl (C=O) groups is 1. The van der Waals surface area contributed by atoms with E-state index < -0.39 is 5.60 Å². The number of nitrogens with zero attached hydrogens (tertiary/aromatic N) is 1. The number of carbonyl (C=O) groups excluding carboxylic acids is 1. The smallest absolute Gasteiger partial charge is 0.222 e. The van der Waals surface area contributed by atoms with E-state index in [1.54, 1.807) is 19.0 Å². The maximum absolute atomic E-state index is 11.6. The van der Waals surface area contributed by atoms with Crippen molar-refractivity contribution < 1.29 is 15.0 Å². The van der Waals surface area contributed by atoms with Gasteiger partial charge in [0.2, 0.25) is 5.91 Å². The number of nitrogens with one attached hydrogen (secondary N) is 1. The number of unbranched alkanes of at least 4 members (excludes halogenated alkanes) is 1. The second kappa shape index (κ2) is 11.3. The summed E-state index contributed by atoms with van der Waals surface area (Å²) in [4.78, 5) is 13.2. The van der Waals surface area contributed by atoms with E-state index in [-0.39, 0.29) is 17.9 Å². The average Bonchev–Trinajstić information content (AvgIpc) is 3.17. The van der Waals surface area contributed by atoms with Crippen LogP contribution < -0.4 is 5.32 Å². The van der Waals surface area contributed by atoms with Gasteiger partial charge in [-0.2, -0.15) is 0 Å². The molecular formula is C24H42N2O3. The van der Waals surface area contributed by atoms with Gasteiger partial charge < -0.3 is 20.4 Å². The van der Waals surface area contributed by atoms with Gasteiger partial charge in [0.1, 0.15) is 0 Å². The summed E-state index contributed by atoms with van der Waals surface area (Å²) in [6, 6.07) is 0. The number of fused-ring (bicyclic) bond motifs is 1. The van der Waals surface area contributed by atoms with Crippen molar-refractivity contribution in [1.29, 1.82) is 0 Å². The fourth-order valence-electron chi connectivity index (χ4n) is 4.71. The lowest BCUT2D eigenvalue weighted by atomic mass is 9.88. The monoisotopic (exact) mass is 406 g/mol. The number of aliphatic hydroxyl groups excluding tert-OH is 1. The van der Waals surface area contributed by atoms with Gasteiger partial charge in [-0.15, -0.1) is 0 Å². The molecule has 0 aromatic heterocycles. The van der Waals surface area contributed by atoms with Crippen molar-refractivity contribution >= 4 is 5.91 Å². The summed E-state index contributed by atoms with van der Waals surface area (Å²) in [7, 11) is 3.59. The zero-order chi connectivity index (χ0) is 21.4.